The Balaban J connectivity index is 1.74. The number of primary amides is 1. The fourth-order valence-electron chi connectivity index (χ4n) is 4.75. The Labute approximate surface area is 192 Å². The van der Waals surface area contributed by atoms with Crippen LogP contribution in [0, 0.1) is 0 Å². The molecule has 0 saturated carbocycles. The lowest BCUT2D eigenvalue weighted by atomic mass is 10.0. The number of fused-ring (bicyclic) bond motifs is 1. The highest BCUT2D eigenvalue weighted by Gasteiger charge is 2.65. The van der Waals surface area contributed by atoms with Gasteiger partial charge in [-0.25, -0.2) is 14.3 Å². The van der Waals surface area contributed by atoms with E-state index in [9.17, 15) is 22.8 Å². The number of carbonyl (C=O) groups is 2. The molecule has 1 aromatic carbocycles. The lowest BCUT2D eigenvalue weighted by Crippen LogP contribution is -2.65. The van der Waals surface area contributed by atoms with E-state index in [1.807, 2.05) is 24.3 Å². The topological polar surface area (TPSA) is 90.9 Å². The van der Waals surface area contributed by atoms with Crippen LogP contribution in [0.2, 0.25) is 0 Å². The van der Waals surface area contributed by atoms with Crippen LogP contribution in [0.25, 0.3) is 11.0 Å². The summed E-state index contributed by atoms with van der Waals surface area (Å²) in [4.78, 5) is 34.3. The number of likely N-dealkylation sites (tertiary alicyclic amines) is 1. The summed E-state index contributed by atoms with van der Waals surface area (Å²) >= 11 is 1.05. The molecule has 1 saturated heterocycles. The highest BCUT2D eigenvalue weighted by molar-refractivity contribution is 7.99. The third-order valence-corrected chi connectivity index (χ3v) is 7.18. The molecule has 33 heavy (non-hydrogen) atoms. The Hall–Kier alpha value is -2.92. The molecule has 0 radical (unpaired) electrons. The monoisotopic (exact) mass is 478 g/mol. The number of aromatic nitrogens is 3. The number of halogens is 3. The van der Waals surface area contributed by atoms with Crippen molar-refractivity contribution in [2.45, 2.75) is 36.3 Å². The van der Waals surface area contributed by atoms with E-state index < -0.39 is 34.6 Å². The molecule has 0 aliphatic carbocycles. The second kappa shape index (κ2) is 8.79. The average Bonchev–Trinajstić information content (AvgIpc) is 3.35. The summed E-state index contributed by atoms with van der Waals surface area (Å²) in [7, 11) is 1.78. The number of hydrogen-bond donors (Lipinski definition) is 1. The first kappa shape index (κ1) is 23.2. The van der Waals surface area contributed by atoms with Crippen molar-refractivity contribution in [2.75, 3.05) is 12.3 Å². The number of thioether (sulfide) groups is 1. The largest absolute Gasteiger partial charge is 0.448 e. The maximum Gasteiger partial charge on any atom is 0.448 e. The first-order valence-electron chi connectivity index (χ1n) is 10.4. The highest BCUT2D eigenvalue weighted by Crippen LogP contribution is 2.47. The van der Waals surface area contributed by atoms with E-state index in [-0.39, 0.29) is 30.8 Å². The van der Waals surface area contributed by atoms with E-state index in [4.69, 9.17) is 5.73 Å². The maximum atomic E-state index is 14.5. The summed E-state index contributed by atoms with van der Waals surface area (Å²) in [5.41, 5.74) is 6.79. The second-order valence-corrected chi connectivity index (χ2v) is 8.98. The van der Waals surface area contributed by atoms with Gasteiger partial charge in [0.15, 0.2) is 11.2 Å². The number of alkyl halides is 3. The van der Waals surface area contributed by atoms with Crippen molar-refractivity contribution < 1.29 is 27.2 Å². The minimum Gasteiger partial charge on any atom is -0.364 e. The normalized spacial score (nSPS) is 21.9. The first-order valence-corrected chi connectivity index (χ1v) is 11.4. The van der Waals surface area contributed by atoms with Gasteiger partial charge in [0.05, 0.1) is 17.6 Å². The molecule has 1 aliphatic rings. The number of amides is 2. The van der Waals surface area contributed by atoms with Crippen LogP contribution in [0.3, 0.4) is 0 Å². The predicted molar refractivity (Wildman–Crippen MR) is 117 cm³/mol. The number of pyridine rings is 1. The van der Waals surface area contributed by atoms with Crippen LogP contribution in [0.1, 0.15) is 24.6 Å². The zero-order valence-corrected chi connectivity index (χ0v) is 18.6. The van der Waals surface area contributed by atoms with E-state index in [1.165, 1.54) is 24.4 Å². The molecule has 2 aromatic heterocycles. The van der Waals surface area contributed by atoms with Crippen LogP contribution in [-0.2, 0) is 16.6 Å². The molecule has 0 bridgehead atoms. The molecular formula is C22H23F3N5O2S+. The van der Waals surface area contributed by atoms with Crippen molar-refractivity contribution in [1.82, 2.24) is 14.5 Å². The minimum atomic E-state index is -4.81. The number of carbonyl (C=O) groups excluding carboxylic acids is 2. The maximum absolute atomic E-state index is 14.5. The SMILES string of the molecule is Cn1c(SCC(=O)[N+]2(C(c3ccccn3)C(F)(F)F)CCC[C@H]2C(N)=O)nc2ccccc21. The number of nitrogens with two attached hydrogens (primary N) is 1. The number of para-hydroxylation sites is 2. The number of imidazole rings is 1. The molecule has 174 valence electrons. The van der Waals surface area contributed by atoms with Crippen LogP contribution < -0.4 is 5.73 Å². The van der Waals surface area contributed by atoms with Crippen LogP contribution in [-0.4, -0.2) is 55.3 Å². The Kier molecular flexibility index (Phi) is 6.19. The van der Waals surface area contributed by atoms with Crippen molar-refractivity contribution in [3.63, 3.8) is 0 Å². The van der Waals surface area contributed by atoms with Gasteiger partial charge < -0.3 is 10.3 Å². The van der Waals surface area contributed by atoms with Gasteiger partial charge in [-0.1, -0.05) is 30.0 Å². The summed E-state index contributed by atoms with van der Waals surface area (Å²) in [5, 5.41) is 0.499. The molecule has 3 heterocycles. The van der Waals surface area contributed by atoms with E-state index in [2.05, 4.69) is 9.97 Å². The van der Waals surface area contributed by atoms with Gasteiger partial charge in [0.2, 0.25) is 6.04 Å². The minimum absolute atomic E-state index is 0.109. The second-order valence-electron chi connectivity index (χ2n) is 8.04. The molecule has 2 N–H and O–H groups in total. The number of benzene rings is 1. The molecule has 2 amide bonds. The molecule has 1 fully saturated rings. The van der Waals surface area contributed by atoms with Crippen LogP contribution in [0.15, 0.2) is 53.8 Å². The third kappa shape index (κ3) is 4.10. The van der Waals surface area contributed by atoms with Crippen molar-refractivity contribution >= 4 is 34.6 Å². The lowest BCUT2D eigenvalue weighted by molar-refractivity contribution is -0.901. The van der Waals surface area contributed by atoms with Gasteiger partial charge in [-0.05, 0) is 24.3 Å². The number of aryl methyl sites for hydroxylation is 1. The van der Waals surface area contributed by atoms with Gasteiger partial charge in [-0.2, -0.15) is 13.2 Å². The summed E-state index contributed by atoms with van der Waals surface area (Å²) in [6.07, 6.45) is -3.18. The predicted octanol–water partition coefficient (Wildman–Crippen LogP) is 3.36. The van der Waals surface area contributed by atoms with Crippen molar-refractivity contribution in [3.05, 3.63) is 54.4 Å². The summed E-state index contributed by atoms with van der Waals surface area (Å²) in [6.45, 7) is -0.143. The molecular weight excluding hydrogens is 455 g/mol. The molecule has 0 spiro atoms. The zero-order valence-electron chi connectivity index (χ0n) is 17.8. The van der Waals surface area contributed by atoms with Crippen LogP contribution in [0.4, 0.5) is 13.2 Å². The molecule has 11 heteroatoms. The lowest BCUT2D eigenvalue weighted by Gasteiger charge is -2.42. The molecule has 3 atom stereocenters. The number of quaternary nitrogens is 1. The summed E-state index contributed by atoms with van der Waals surface area (Å²) in [6, 6.07) is 7.97. The fraction of sp³-hybridized carbons (Fsp3) is 0.364. The van der Waals surface area contributed by atoms with Gasteiger partial charge in [0, 0.05) is 26.1 Å². The smallest absolute Gasteiger partial charge is 0.364 e. The Bertz CT molecular complexity index is 1180. The molecule has 7 nitrogen and oxygen atoms in total. The summed E-state index contributed by atoms with van der Waals surface area (Å²) in [5.74, 6) is -1.93. The van der Waals surface area contributed by atoms with E-state index in [0.717, 1.165) is 22.8 Å². The standard InChI is InChI=1S/C22H22F3N5O2S/c1-29-16-9-3-2-7-14(16)28-21(29)33-13-18(31)30(12-6-10-17(30)20(26)32)19(22(23,24)25)15-8-4-5-11-27-15/h2-5,7-9,11,17,19H,6,10,12-13H2,1H3,(H-,26,32)/p+1/t17-,19?,30?/m0/s1. The summed E-state index contributed by atoms with van der Waals surface area (Å²) < 4.78 is 44.1. The molecule has 2 unspecified atom stereocenters. The van der Waals surface area contributed by atoms with E-state index in [1.54, 1.807) is 11.6 Å². The fourth-order valence-corrected chi connectivity index (χ4v) is 5.70. The Morgan fingerprint density at radius 2 is 1.97 bits per heavy atom. The van der Waals surface area contributed by atoms with Gasteiger partial charge in [0.1, 0.15) is 11.4 Å². The van der Waals surface area contributed by atoms with Gasteiger partial charge in [0.25, 0.3) is 5.91 Å². The van der Waals surface area contributed by atoms with Crippen molar-refractivity contribution in [3.8, 4) is 0 Å². The molecule has 1 aliphatic heterocycles. The van der Waals surface area contributed by atoms with Crippen LogP contribution >= 0.6 is 11.8 Å². The van der Waals surface area contributed by atoms with Gasteiger partial charge in [-0.3, -0.25) is 9.78 Å². The number of rotatable bonds is 6. The van der Waals surface area contributed by atoms with Crippen molar-refractivity contribution in [2.24, 2.45) is 12.8 Å². The quantitative estimate of drug-likeness (QED) is 0.433. The Morgan fingerprint density at radius 3 is 2.61 bits per heavy atom. The average molecular weight is 479 g/mol. The highest BCUT2D eigenvalue weighted by atomic mass is 32.2. The van der Waals surface area contributed by atoms with Crippen molar-refractivity contribution in [1.29, 1.82) is 0 Å². The van der Waals surface area contributed by atoms with E-state index >= 15 is 0 Å². The van der Waals surface area contributed by atoms with Crippen LogP contribution in [0.5, 0.6) is 0 Å². The third-order valence-electron chi connectivity index (χ3n) is 6.16. The van der Waals surface area contributed by atoms with Gasteiger partial charge >= 0.3 is 12.1 Å². The first-order chi connectivity index (χ1) is 15.7. The Morgan fingerprint density at radius 1 is 1.24 bits per heavy atom. The molecule has 4 rings (SSSR count). The number of nitrogens with zero attached hydrogens (tertiary/aromatic N) is 4. The van der Waals surface area contributed by atoms with E-state index in [0.29, 0.717) is 5.16 Å². The zero-order chi connectivity index (χ0) is 23.8. The van der Waals surface area contributed by atoms with Gasteiger partial charge in [-0.15, -0.1) is 0 Å². The molecule has 3 aromatic rings. The number of hydrogen-bond acceptors (Lipinski definition) is 5.